The molecule has 2 amide bonds. The van der Waals surface area contributed by atoms with Gasteiger partial charge in [0.15, 0.2) is 4.32 Å². The second kappa shape index (κ2) is 9.71. The van der Waals surface area contributed by atoms with E-state index in [0.717, 1.165) is 41.1 Å². The Labute approximate surface area is 189 Å². The number of hydrogen-bond acceptors (Lipinski definition) is 7. The smallest absolute Gasteiger partial charge is 0.285 e. The van der Waals surface area contributed by atoms with Crippen LogP contribution in [0.2, 0.25) is 0 Å². The molecule has 8 nitrogen and oxygen atoms in total. The summed E-state index contributed by atoms with van der Waals surface area (Å²) in [5, 5.41) is 11.8. The summed E-state index contributed by atoms with van der Waals surface area (Å²) in [5.74, 6) is -1.02. The summed E-state index contributed by atoms with van der Waals surface area (Å²) in [4.78, 5) is 38.0. The highest BCUT2D eigenvalue weighted by atomic mass is 32.2. The van der Waals surface area contributed by atoms with Crippen LogP contribution in [0.3, 0.4) is 0 Å². The molecule has 1 aliphatic heterocycles. The Bertz CT molecular complexity index is 1050. The Kier molecular flexibility index (Phi) is 7.03. The fourth-order valence-corrected chi connectivity index (χ4v) is 4.17. The first-order valence-corrected chi connectivity index (χ1v) is 10.7. The van der Waals surface area contributed by atoms with Gasteiger partial charge in [-0.05, 0) is 62.0 Å². The number of amides is 2. The van der Waals surface area contributed by atoms with E-state index in [0.29, 0.717) is 4.91 Å². The molecule has 1 fully saturated rings. The number of thiocarbonyl (C=S) groups is 1. The zero-order valence-electron chi connectivity index (χ0n) is 16.9. The van der Waals surface area contributed by atoms with Crippen LogP contribution in [-0.2, 0) is 4.79 Å². The minimum absolute atomic E-state index is 0.128. The lowest BCUT2D eigenvalue weighted by atomic mass is 10.1. The summed E-state index contributed by atoms with van der Waals surface area (Å²) in [6.45, 7) is 5.99. The van der Waals surface area contributed by atoms with E-state index >= 15 is 0 Å². The topological polar surface area (TPSA) is 95.8 Å². The van der Waals surface area contributed by atoms with Crippen molar-refractivity contribution in [3.63, 3.8) is 0 Å². The number of hydrogen-bond donors (Lipinski definition) is 1. The zero-order valence-corrected chi connectivity index (χ0v) is 18.5. The van der Waals surface area contributed by atoms with Crippen molar-refractivity contribution in [1.29, 1.82) is 0 Å². The number of thioether (sulfide) groups is 1. The third-order valence-electron chi connectivity index (χ3n) is 4.67. The number of nitrogens with zero attached hydrogens (tertiary/aromatic N) is 3. The predicted octanol–water partition coefficient (Wildman–Crippen LogP) is 3.99. The first-order chi connectivity index (χ1) is 14.8. The Morgan fingerprint density at radius 1 is 1.16 bits per heavy atom. The summed E-state index contributed by atoms with van der Waals surface area (Å²) in [7, 11) is 0. The fraction of sp³-hybridized carbons (Fsp3) is 0.190. The van der Waals surface area contributed by atoms with Crippen LogP contribution in [0, 0.1) is 10.1 Å². The van der Waals surface area contributed by atoms with Crippen LogP contribution in [-0.4, -0.2) is 39.2 Å². The van der Waals surface area contributed by atoms with Gasteiger partial charge in [-0.25, -0.2) is 0 Å². The van der Waals surface area contributed by atoms with Gasteiger partial charge in [0.25, 0.3) is 17.5 Å². The highest BCUT2D eigenvalue weighted by molar-refractivity contribution is 8.26. The molecule has 1 heterocycles. The van der Waals surface area contributed by atoms with Gasteiger partial charge in [0.2, 0.25) is 0 Å². The van der Waals surface area contributed by atoms with Gasteiger partial charge < -0.3 is 4.90 Å². The van der Waals surface area contributed by atoms with Crippen molar-refractivity contribution in [2.45, 2.75) is 13.8 Å². The van der Waals surface area contributed by atoms with Gasteiger partial charge in [0.05, 0.1) is 9.83 Å². The van der Waals surface area contributed by atoms with Gasteiger partial charge in [-0.2, -0.15) is 5.01 Å². The average Bonchev–Trinajstić information content (AvgIpc) is 3.03. The van der Waals surface area contributed by atoms with Gasteiger partial charge in [0, 0.05) is 36.5 Å². The number of nitro benzene ring substituents is 1. The van der Waals surface area contributed by atoms with Crippen LogP contribution >= 0.6 is 24.0 Å². The molecule has 0 unspecified atom stereocenters. The number of non-ortho nitro benzene ring substituents is 1. The summed E-state index contributed by atoms with van der Waals surface area (Å²) < 4.78 is 0.200. The number of anilines is 1. The molecule has 1 N–H and O–H groups in total. The summed E-state index contributed by atoms with van der Waals surface area (Å²) in [6.07, 6.45) is 1.73. The lowest BCUT2D eigenvalue weighted by Gasteiger charge is -2.20. The van der Waals surface area contributed by atoms with Crippen LogP contribution in [0.1, 0.15) is 29.8 Å². The van der Waals surface area contributed by atoms with Gasteiger partial charge in [0.1, 0.15) is 0 Å². The van der Waals surface area contributed by atoms with E-state index in [-0.39, 0.29) is 15.6 Å². The maximum atomic E-state index is 12.7. The van der Waals surface area contributed by atoms with Crippen LogP contribution < -0.4 is 10.3 Å². The Balaban J connectivity index is 1.71. The summed E-state index contributed by atoms with van der Waals surface area (Å²) >= 11 is 6.33. The van der Waals surface area contributed by atoms with Crippen molar-refractivity contribution >= 4 is 57.6 Å². The average molecular weight is 457 g/mol. The van der Waals surface area contributed by atoms with Crippen molar-refractivity contribution in [2.75, 3.05) is 18.0 Å². The molecule has 0 spiro atoms. The third kappa shape index (κ3) is 5.09. The molecule has 1 saturated heterocycles. The maximum absolute atomic E-state index is 12.7. The minimum Gasteiger partial charge on any atom is -0.372 e. The Morgan fingerprint density at radius 3 is 2.32 bits per heavy atom. The number of nitrogens with one attached hydrogen (secondary N) is 1. The van der Waals surface area contributed by atoms with Crippen LogP contribution in [0.4, 0.5) is 11.4 Å². The normalized spacial score (nSPS) is 14.8. The largest absolute Gasteiger partial charge is 0.372 e. The van der Waals surface area contributed by atoms with E-state index < -0.39 is 16.7 Å². The van der Waals surface area contributed by atoms with Crippen molar-refractivity contribution in [1.82, 2.24) is 10.4 Å². The molecule has 3 rings (SSSR count). The SMILES string of the molecule is CCN(CC)c1ccc(C=C2SC(=S)N(NC(=O)c3ccc([N+](=O)[O-])cc3)C2=O)cc1. The monoisotopic (exact) mass is 456 g/mol. The second-order valence-electron chi connectivity index (χ2n) is 6.53. The summed E-state index contributed by atoms with van der Waals surface area (Å²) in [6, 6.07) is 12.9. The number of carbonyl (C=O) groups excluding carboxylic acids is 2. The predicted molar refractivity (Wildman–Crippen MR) is 126 cm³/mol. The molecule has 0 saturated carbocycles. The van der Waals surface area contributed by atoms with E-state index in [2.05, 4.69) is 24.2 Å². The maximum Gasteiger partial charge on any atom is 0.285 e. The highest BCUT2D eigenvalue weighted by Crippen LogP contribution is 2.32. The van der Waals surface area contributed by atoms with E-state index in [9.17, 15) is 19.7 Å². The number of benzene rings is 2. The number of rotatable bonds is 7. The zero-order chi connectivity index (χ0) is 22.5. The van der Waals surface area contributed by atoms with Crippen LogP contribution in [0.5, 0.6) is 0 Å². The van der Waals surface area contributed by atoms with Gasteiger partial charge in [-0.3, -0.25) is 25.1 Å². The number of nitro groups is 1. The molecular formula is C21H20N4O4S2. The molecule has 0 bridgehead atoms. The van der Waals surface area contributed by atoms with E-state index in [1.54, 1.807) is 6.08 Å². The molecule has 2 aromatic carbocycles. The van der Waals surface area contributed by atoms with Crippen molar-refractivity contribution in [3.05, 3.63) is 74.7 Å². The van der Waals surface area contributed by atoms with Crippen LogP contribution in [0.25, 0.3) is 6.08 Å². The number of hydrazine groups is 1. The quantitative estimate of drug-likeness (QED) is 0.291. The number of carbonyl (C=O) groups is 2. The van der Waals surface area contributed by atoms with Gasteiger partial charge in [-0.1, -0.05) is 23.9 Å². The van der Waals surface area contributed by atoms with Crippen molar-refractivity contribution in [2.24, 2.45) is 0 Å². The lowest BCUT2D eigenvalue weighted by Crippen LogP contribution is -2.44. The van der Waals surface area contributed by atoms with Gasteiger partial charge in [-0.15, -0.1) is 0 Å². The molecule has 160 valence electrons. The molecule has 1 aliphatic rings. The molecule has 0 atom stereocenters. The fourth-order valence-electron chi connectivity index (χ4n) is 2.99. The molecule has 0 aromatic heterocycles. The third-order valence-corrected chi connectivity index (χ3v) is 5.97. The molecule has 10 heteroatoms. The van der Waals surface area contributed by atoms with E-state index in [1.807, 2.05) is 24.3 Å². The Morgan fingerprint density at radius 2 is 1.77 bits per heavy atom. The van der Waals surface area contributed by atoms with E-state index in [1.165, 1.54) is 24.3 Å². The Hall–Kier alpha value is -3.24. The van der Waals surface area contributed by atoms with Crippen LogP contribution in [0.15, 0.2) is 53.4 Å². The summed E-state index contributed by atoms with van der Waals surface area (Å²) in [5.41, 5.74) is 4.46. The first-order valence-electron chi connectivity index (χ1n) is 9.52. The first kappa shape index (κ1) is 22.4. The minimum atomic E-state index is -0.587. The van der Waals surface area contributed by atoms with E-state index in [4.69, 9.17) is 12.2 Å². The highest BCUT2D eigenvalue weighted by Gasteiger charge is 2.33. The molecule has 31 heavy (non-hydrogen) atoms. The van der Waals surface area contributed by atoms with Gasteiger partial charge >= 0.3 is 0 Å². The standard InChI is InChI=1S/C21H20N4O4S2/c1-3-23(4-2)16-9-5-14(6-10-16)13-18-20(27)24(21(30)31-18)22-19(26)15-7-11-17(12-8-15)25(28)29/h5-13H,3-4H2,1-2H3,(H,22,26). The van der Waals surface area contributed by atoms with Crippen molar-refractivity contribution < 1.29 is 14.5 Å². The molecular weight excluding hydrogens is 436 g/mol. The molecule has 0 radical (unpaired) electrons. The lowest BCUT2D eigenvalue weighted by molar-refractivity contribution is -0.384. The molecule has 2 aromatic rings. The molecule has 0 aliphatic carbocycles. The second-order valence-corrected chi connectivity index (χ2v) is 8.20. The van der Waals surface area contributed by atoms with Crippen molar-refractivity contribution in [3.8, 4) is 0 Å².